The van der Waals surface area contributed by atoms with Gasteiger partial charge in [-0.3, -0.25) is 0 Å². The summed E-state index contributed by atoms with van der Waals surface area (Å²) < 4.78 is 0. The SMILES string of the molecule is Cc1cc(C(=O)[O-])c(C)c(C)c1C.[Tl+]. The molecular formula is C11H13O2Tl. The van der Waals surface area contributed by atoms with Crippen LogP contribution >= 0.6 is 0 Å². The molecule has 0 amide bonds. The zero-order valence-corrected chi connectivity index (χ0v) is 13.5. The van der Waals surface area contributed by atoms with Gasteiger partial charge in [0.05, 0.1) is 5.97 Å². The minimum atomic E-state index is -1.09. The Morgan fingerprint density at radius 3 is 2.00 bits per heavy atom. The molecule has 0 bridgehead atoms. The second-order valence-electron chi connectivity index (χ2n) is 3.40. The molecule has 1 rings (SSSR count). The van der Waals surface area contributed by atoms with Gasteiger partial charge in [0, 0.05) is 5.56 Å². The van der Waals surface area contributed by atoms with E-state index in [1.807, 2.05) is 27.7 Å². The van der Waals surface area contributed by atoms with Crippen LogP contribution in [0, 0.1) is 27.7 Å². The van der Waals surface area contributed by atoms with Crippen molar-refractivity contribution in [3.8, 4) is 0 Å². The fourth-order valence-corrected chi connectivity index (χ4v) is 1.42. The van der Waals surface area contributed by atoms with E-state index >= 15 is 0 Å². The standard InChI is InChI=1S/C11H14O2.Tl/c1-6-5-10(11(12)13)9(4)8(3)7(6)2;/h5H,1-4H3,(H,12,13);/q;+1/p-1. The van der Waals surface area contributed by atoms with Crippen molar-refractivity contribution in [2.75, 3.05) is 0 Å². The largest absolute Gasteiger partial charge is 1.00 e. The normalized spacial score (nSPS) is 9.43. The van der Waals surface area contributed by atoms with Gasteiger partial charge in [0.25, 0.3) is 0 Å². The summed E-state index contributed by atoms with van der Waals surface area (Å²) in [6, 6.07) is 1.67. The monoisotopic (exact) mass is 382 g/mol. The average Bonchev–Trinajstić information content (AvgIpc) is 2.07. The molecule has 0 fully saturated rings. The Labute approximate surface area is 104 Å². The van der Waals surface area contributed by atoms with Crippen LogP contribution in [0.25, 0.3) is 0 Å². The Morgan fingerprint density at radius 2 is 1.57 bits per heavy atom. The maximum absolute atomic E-state index is 10.7. The molecule has 14 heavy (non-hydrogen) atoms. The van der Waals surface area contributed by atoms with Gasteiger partial charge < -0.3 is 9.90 Å². The number of rotatable bonds is 1. The summed E-state index contributed by atoms with van der Waals surface area (Å²) in [5, 5.41) is 10.7. The number of benzene rings is 1. The number of carboxylic acid groups (broad SMARTS) is 1. The minimum Gasteiger partial charge on any atom is -0.545 e. The maximum atomic E-state index is 10.7. The molecule has 0 spiro atoms. The van der Waals surface area contributed by atoms with Crippen LogP contribution in [0.4, 0.5) is 0 Å². The van der Waals surface area contributed by atoms with E-state index in [0.717, 1.165) is 22.3 Å². The first-order valence-corrected chi connectivity index (χ1v) is 4.24. The van der Waals surface area contributed by atoms with Crippen molar-refractivity contribution in [2.24, 2.45) is 0 Å². The van der Waals surface area contributed by atoms with Crippen LogP contribution in [0.15, 0.2) is 6.07 Å². The number of carbonyl (C=O) groups is 1. The molecule has 0 unspecified atom stereocenters. The number of hydrogen-bond acceptors (Lipinski definition) is 2. The van der Waals surface area contributed by atoms with Gasteiger partial charge in [-0.1, -0.05) is 0 Å². The van der Waals surface area contributed by atoms with Gasteiger partial charge >= 0.3 is 27.3 Å². The predicted molar refractivity (Wildman–Crippen MR) is 55.5 cm³/mol. The van der Waals surface area contributed by atoms with Crippen LogP contribution in [0.5, 0.6) is 0 Å². The van der Waals surface area contributed by atoms with E-state index in [1.54, 1.807) is 6.07 Å². The quantitative estimate of drug-likeness (QED) is 0.678. The molecule has 1 aromatic carbocycles. The number of hydrogen-bond donors (Lipinski definition) is 0. The van der Waals surface area contributed by atoms with E-state index in [9.17, 15) is 9.90 Å². The van der Waals surface area contributed by atoms with E-state index in [4.69, 9.17) is 0 Å². The summed E-state index contributed by atoms with van der Waals surface area (Å²) in [4.78, 5) is 10.7. The fourth-order valence-electron chi connectivity index (χ4n) is 1.42. The van der Waals surface area contributed by atoms with E-state index < -0.39 is 5.97 Å². The summed E-state index contributed by atoms with van der Waals surface area (Å²) in [5.41, 5.74) is 4.31. The second kappa shape index (κ2) is 4.91. The van der Waals surface area contributed by atoms with Gasteiger partial charge in [0.15, 0.2) is 0 Å². The predicted octanol–water partition coefficient (Wildman–Crippen LogP) is 0.903. The third kappa shape index (κ3) is 2.35. The third-order valence-electron chi connectivity index (χ3n) is 2.70. The van der Waals surface area contributed by atoms with E-state index in [2.05, 4.69) is 0 Å². The van der Waals surface area contributed by atoms with Gasteiger partial charge in [-0.15, -0.1) is 0 Å². The van der Waals surface area contributed by atoms with Gasteiger partial charge in [-0.2, -0.15) is 0 Å². The molecule has 0 aliphatic rings. The fraction of sp³-hybridized carbons (Fsp3) is 0.364. The summed E-state index contributed by atoms with van der Waals surface area (Å²) in [6.45, 7) is 7.65. The zero-order valence-electron chi connectivity index (χ0n) is 8.97. The topological polar surface area (TPSA) is 40.1 Å². The Bertz CT molecular complexity index is 370. The maximum Gasteiger partial charge on any atom is 1.00 e. The average molecular weight is 382 g/mol. The molecule has 0 aromatic heterocycles. The molecule has 0 N–H and O–H groups in total. The van der Waals surface area contributed by atoms with Crippen molar-refractivity contribution in [3.05, 3.63) is 33.9 Å². The molecule has 0 aliphatic carbocycles. The van der Waals surface area contributed by atoms with Crippen LogP contribution in [-0.4, -0.2) is 33.3 Å². The molecule has 0 saturated carbocycles. The number of aromatic carboxylic acids is 1. The molecule has 0 aliphatic heterocycles. The van der Waals surface area contributed by atoms with Crippen molar-refractivity contribution in [2.45, 2.75) is 27.7 Å². The third-order valence-corrected chi connectivity index (χ3v) is 2.70. The molecule has 72 valence electrons. The van der Waals surface area contributed by atoms with Crippen LogP contribution in [-0.2, 0) is 0 Å². The Hall–Kier alpha value is -0.388. The van der Waals surface area contributed by atoms with Gasteiger partial charge in [0.2, 0.25) is 0 Å². The van der Waals surface area contributed by atoms with Gasteiger partial charge in [-0.25, -0.2) is 0 Å². The Balaban J connectivity index is 0.00000169. The molecule has 2 nitrogen and oxygen atoms in total. The first kappa shape index (κ1) is 13.6. The summed E-state index contributed by atoms with van der Waals surface area (Å²) in [6.07, 6.45) is 0. The van der Waals surface area contributed by atoms with Crippen LogP contribution in [0.1, 0.15) is 32.6 Å². The van der Waals surface area contributed by atoms with E-state index in [0.29, 0.717) is 5.56 Å². The summed E-state index contributed by atoms with van der Waals surface area (Å²) in [5.74, 6) is -1.09. The molecule has 0 saturated heterocycles. The first-order chi connectivity index (χ1) is 5.95. The van der Waals surface area contributed by atoms with E-state index in [1.165, 1.54) is 0 Å². The Morgan fingerprint density at radius 1 is 1.07 bits per heavy atom. The molecule has 0 atom stereocenters. The van der Waals surface area contributed by atoms with Crippen molar-refractivity contribution in [3.63, 3.8) is 0 Å². The molecular weight excluding hydrogens is 369 g/mol. The van der Waals surface area contributed by atoms with Gasteiger partial charge in [0.1, 0.15) is 0 Å². The molecule has 1 aromatic rings. The molecule has 3 heteroatoms. The molecule has 0 heterocycles. The first-order valence-electron chi connectivity index (χ1n) is 4.24. The van der Waals surface area contributed by atoms with Crippen molar-refractivity contribution >= 4 is 33.3 Å². The van der Waals surface area contributed by atoms with Gasteiger partial charge in [-0.05, 0) is 56.0 Å². The minimum absolute atomic E-state index is 0. The van der Waals surface area contributed by atoms with Crippen molar-refractivity contribution < 1.29 is 9.90 Å². The number of aryl methyl sites for hydroxylation is 1. The van der Waals surface area contributed by atoms with Crippen molar-refractivity contribution in [1.29, 1.82) is 0 Å². The van der Waals surface area contributed by atoms with Crippen LogP contribution < -0.4 is 5.11 Å². The molecule has 0 radical (unpaired) electrons. The van der Waals surface area contributed by atoms with Crippen molar-refractivity contribution in [1.82, 2.24) is 0 Å². The van der Waals surface area contributed by atoms with E-state index in [-0.39, 0.29) is 27.3 Å². The zero-order chi connectivity index (χ0) is 10.2. The smallest absolute Gasteiger partial charge is 0.545 e. The Kier molecular flexibility index (Phi) is 4.77. The summed E-state index contributed by atoms with van der Waals surface area (Å²) in [7, 11) is 0. The van der Waals surface area contributed by atoms with Crippen LogP contribution in [0.2, 0.25) is 0 Å². The second-order valence-corrected chi connectivity index (χ2v) is 3.40. The summed E-state index contributed by atoms with van der Waals surface area (Å²) >= 11 is 0. The van der Waals surface area contributed by atoms with Crippen LogP contribution in [0.3, 0.4) is 0 Å². The number of carboxylic acids is 1. The number of carbonyl (C=O) groups excluding carboxylic acids is 1.